The van der Waals surface area contributed by atoms with Crippen LogP contribution >= 0.6 is 23.2 Å². The second-order valence-corrected chi connectivity index (χ2v) is 6.17. The summed E-state index contributed by atoms with van der Waals surface area (Å²) in [4.78, 5) is 11.9. The van der Waals surface area contributed by atoms with E-state index in [2.05, 4.69) is 24.5 Å². The molecule has 0 radical (unpaired) electrons. The van der Waals surface area contributed by atoms with E-state index in [-0.39, 0.29) is 18.0 Å². The summed E-state index contributed by atoms with van der Waals surface area (Å²) < 4.78 is 0. The molecule has 0 saturated carbocycles. The van der Waals surface area contributed by atoms with Gasteiger partial charge in [-0.15, -0.1) is 0 Å². The summed E-state index contributed by atoms with van der Waals surface area (Å²) in [5, 5.41) is 7.11. The SMILES string of the molecule is CNC(=O)C(CC(C)C)NC(C)c1ccc(Cl)c(Cl)c1. The third-order valence-corrected chi connectivity index (χ3v) is 3.90. The Labute approximate surface area is 131 Å². The van der Waals surface area contributed by atoms with Crippen molar-refractivity contribution in [2.75, 3.05) is 7.05 Å². The predicted octanol–water partition coefficient (Wildman–Crippen LogP) is 3.80. The Morgan fingerprint density at radius 1 is 1.20 bits per heavy atom. The van der Waals surface area contributed by atoms with Gasteiger partial charge >= 0.3 is 0 Å². The van der Waals surface area contributed by atoms with Crippen molar-refractivity contribution >= 4 is 29.1 Å². The van der Waals surface area contributed by atoms with Gasteiger partial charge in [0.25, 0.3) is 0 Å². The molecular weight excluding hydrogens is 295 g/mol. The molecule has 0 aliphatic rings. The van der Waals surface area contributed by atoms with Crippen LogP contribution in [0.5, 0.6) is 0 Å². The predicted molar refractivity (Wildman–Crippen MR) is 85.3 cm³/mol. The zero-order valence-electron chi connectivity index (χ0n) is 12.3. The highest BCUT2D eigenvalue weighted by atomic mass is 35.5. The van der Waals surface area contributed by atoms with Crippen molar-refractivity contribution in [1.82, 2.24) is 10.6 Å². The van der Waals surface area contributed by atoms with Crippen LogP contribution in [0.25, 0.3) is 0 Å². The second-order valence-electron chi connectivity index (χ2n) is 5.36. The number of hydrogen-bond donors (Lipinski definition) is 2. The molecule has 2 atom stereocenters. The van der Waals surface area contributed by atoms with Crippen LogP contribution in [0.4, 0.5) is 0 Å². The first-order chi connectivity index (χ1) is 9.35. The van der Waals surface area contributed by atoms with E-state index in [9.17, 15) is 4.79 Å². The van der Waals surface area contributed by atoms with E-state index in [0.29, 0.717) is 16.0 Å². The van der Waals surface area contributed by atoms with E-state index < -0.39 is 0 Å². The minimum Gasteiger partial charge on any atom is -0.358 e. The standard InChI is InChI=1S/C15H22Cl2N2O/c1-9(2)7-14(15(20)18-4)19-10(3)11-5-6-12(16)13(17)8-11/h5-6,8-10,14,19H,7H2,1-4H3,(H,18,20). The van der Waals surface area contributed by atoms with Gasteiger partial charge in [0.15, 0.2) is 0 Å². The van der Waals surface area contributed by atoms with Crippen molar-refractivity contribution in [2.24, 2.45) is 5.92 Å². The highest BCUT2D eigenvalue weighted by molar-refractivity contribution is 6.42. The number of amides is 1. The largest absolute Gasteiger partial charge is 0.358 e. The molecule has 0 aliphatic carbocycles. The molecular formula is C15H22Cl2N2O. The molecule has 0 heterocycles. The molecule has 2 N–H and O–H groups in total. The number of benzene rings is 1. The summed E-state index contributed by atoms with van der Waals surface area (Å²) >= 11 is 11.9. The number of nitrogens with one attached hydrogen (secondary N) is 2. The first-order valence-corrected chi connectivity index (χ1v) is 7.53. The Balaban J connectivity index is 2.81. The summed E-state index contributed by atoms with van der Waals surface area (Å²) in [6.45, 7) is 6.21. The normalized spacial score (nSPS) is 14.2. The van der Waals surface area contributed by atoms with Crippen LogP contribution in [0, 0.1) is 5.92 Å². The van der Waals surface area contributed by atoms with Crippen molar-refractivity contribution in [3.63, 3.8) is 0 Å². The van der Waals surface area contributed by atoms with Gasteiger partial charge in [0.05, 0.1) is 16.1 Å². The van der Waals surface area contributed by atoms with Gasteiger partial charge in [-0.25, -0.2) is 0 Å². The van der Waals surface area contributed by atoms with Crippen LogP contribution in [0.15, 0.2) is 18.2 Å². The zero-order chi connectivity index (χ0) is 15.3. The first kappa shape index (κ1) is 17.3. The smallest absolute Gasteiger partial charge is 0.236 e. The maximum atomic E-state index is 11.9. The van der Waals surface area contributed by atoms with E-state index in [1.54, 1.807) is 13.1 Å². The summed E-state index contributed by atoms with van der Waals surface area (Å²) in [5.74, 6) is 0.441. The molecule has 0 saturated heterocycles. The average molecular weight is 317 g/mol. The monoisotopic (exact) mass is 316 g/mol. The van der Waals surface area contributed by atoms with Crippen molar-refractivity contribution in [3.05, 3.63) is 33.8 Å². The molecule has 0 bridgehead atoms. The lowest BCUT2D eigenvalue weighted by Gasteiger charge is -2.24. The Morgan fingerprint density at radius 2 is 1.85 bits per heavy atom. The third-order valence-electron chi connectivity index (χ3n) is 3.16. The lowest BCUT2D eigenvalue weighted by atomic mass is 10.0. The molecule has 1 aromatic carbocycles. The summed E-state index contributed by atoms with van der Waals surface area (Å²) in [5.41, 5.74) is 1.01. The van der Waals surface area contributed by atoms with Crippen LogP contribution < -0.4 is 10.6 Å². The van der Waals surface area contributed by atoms with Crippen LogP contribution in [-0.2, 0) is 4.79 Å². The Morgan fingerprint density at radius 3 is 2.35 bits per heavy atom. The summed E-state index contributed by atoms with van der Waals surface area (Å²) in [6, 6.07) is 5.32. The van der Waals surface area contributed by atoms with Crippen LogP contribution in [0.1, 0.15) is 38.8 Å². The molecule has 2 unspecified atom stereocenters. The molecule has 1 aromatic rings. The fourth-order valence-corrected chi connectivity index (χ4v) is 2.38. The maximum Gasteiger partial charge on any atom is 0.236 e. The van der Waals surface area contributed by atoms with E-state index in [1.165, 1.54) is 0 Å². The van der Waals surface area contributed by atoms with Gasteiger partial charge in [0, 0.05) is 13.1 Å². The van der Waals surface area contributed by atoms with Gasteiger partial charge in [-0.2, -0.15) is 0 Å². The van der Waals surface area contributed by atoms with Gasteiger partial charge in [0.2, 0.25) is 5.91 Å². The number of carbonyl (C=O) groups is 1. The Hall–Kier alpha value is -0.770. The molecule has 1 amide bonds. The van der Waals surface area contributed by atoms with E-state index >= 15 is 0 Å². The van der Waals surface area contributed by atoms with Crippen molar-refractivity contribution in [3.8, 4) is 0 Å². The molecule has 3 nitrogen and oxygen atoms in total. The fourth-order valence-electron chi connectivity index (χ4n) is 2.08. The summed E-state index contributed by atoms with van der Waals surface area (Å²) in [7, 11) is 1.65. The van der Waals surface area contributed by atoms with Gasteiger partial charge in [-0.05, 0) is 37.0 Å². The van der Waals surface area contributed by atoms with E-state index in [1.807, 2.05) is 19.1 Å². The number of likely N-dealkylation sites (N-methyl/N-ethyl adjacent to an activating group) is 1. The molecule has 20 heavy (non-hydrogen) atoms. The van der Waals surface area contributed by atoms with Crippen LogP contribution in [0.2, 0.25) is 10.0 Å². The quantitative estimate of drug-likeness (QED) is 0.838. The van der Waals surface area contributed by atoms with Crippen molar-refractivity contribution in [1.29, 1.82) is 0 Å². The number of halogens is 2. The maximum absolute atomic E-state index is 11.9. The zero-order valence-corrected chi connectivity index (χ0v) is 13.8. The first-order valence-electron chi connectivity index (χ1n) is 6.77. The second kappa shape index (κ2) is 7.87. The summed E-state index contributed by atoms with van der Waals surface area (Å²) in [6.07, 6.45) is 0.783. The molecule has 0 spiro atoms. The molecule has 0 aromatic heterocycles. The Kier molecular flexibility index (Phi) is 6.80. The van der Waals surface area contributed by atoms with E-state index in [4.69, 9.17) is 23.2 Å². The minimum absolute atomic E-state index is 0.00519. The molecule has 1 rings (SSSR count). The molecule has 0 fully saturated rings. The number of carbonyl (C=O) groups excluding carboxylic acids is 1. The minimum atomic E-state index is -0.218. The van der Waals surface area contributed by atoms with Gasteiger partial charge in [-0.1, -0.05) is 43.1 Å². The van der Waals surface area contributed by atoms with Crippen molar-refractivity contribution in [2.45, 2.75) is 39.3 Å². The molecule has 112 valence electrons. The lowest BCUT2D eigenvalue weighted by molar-refractivity contribution is -0.123. The Bertz CT molecular complexity index is 463. The third kappa shape index (κ3) is 4.97. The average Bonchev–Trinajstić information content (AvgIpc) is 2.39. The van der Waals surface area contributed by atoms with Gasteiger partial charge < -0.3 is 5.32 Å². The molecule has 0 aliphatic heterocycles. The number of hydrogen-bond acceptors (Lipinski definition) is 2. The van der Waals surface area contributed by atoms with Gasteiger partial charge in [0.1, 0.15) is 0 Å². The van der Waals surface area contributed by atoms with E-state index in [0.717, 1.165) is 12.0 Å². The van der Waals surface area contributed by atoms with Crippen molar-refractivity contribution < 1.29 is 4.79 Å². The van der Waals surface area contributed by atoms with Crippen LogP contribution in [-0.4, -0.2) is 19.0 Å². The van der Waals surface area contributed by atoms with Gasteiger partial charge in [-0.3, -0.25) is 10.1 Å². The lowest BCUT2D eigenvalue weighted by Crippen LogP contribution is -2.44. The fraction of sp³-hybridized carbons (Fsp3) is 0.533. The van der Waals surface area contributed by atoms with Crippen LogP contribution in [0.3, 0.4) is 0 Å². The number of rotatable bonds is 6. The molecule has 5 heteroatoms. The topological polar surface area (TPSA) is 41.1 Å². The highest BCUT2D eigenvalue weighted by Gasteiger charge is 2.21. The highest BCUT2D eigenvalue weighted by Crippen LogP contribution is 2.26.